The fourth-order valence-electron chi connectivity index (χ4n) is 4.06. The fraction of sp³-hybridized carbons (Fsp3) is 0.250. The largest absolute Gasteiger partial charge is 0.381 e. The standard InChI is InChI=1S/C24H22F2N4O/c1-15-3-2-4-18(11-15)30-13-19(16-5-6-20(25)21(26)12-16)22-23(27-14-28-24(22)30)29-17-7-9-31-10-8-17/h2-6,11-14,17H,7-10H2,1H3,(H,27,28,29). The molecule has 5 rings (SSSR count). The van der Waals surface area contributed by atoms with Gasteiger partial charge in [-0.15, -0.1) is 0 Å². The maximum Gasteiger partial charge on any atom is 0.159 e. The number of hydrogen-bond donors (Lipinski definition) is 1. The number of ether oxygens (including phenoxy) is 1. The molecule has 0 amide bonds. The van der Waals surface area contributed by atoms with Crippen molar-refractivity contribution in [3.8, 4) is 16.8 Å². The number of fused-ring (bicyclic) bond motifs is 1. The van der Waals surface area contributed by atoms with Gasteiger partial charge in [0.1, 0.15) is 12.1 Å². The molecule has 1 N–H and O–H groups in total. The third kappa shape index (κ3) is 3.77. The summed E-state index contributed by atoms with van der Waals surface area (Å²) in [5.74, 6) is -1.07. The van der Waals surface area contributed by atoms with Crippen LogP contribution in [0.3, 0.4) is 0 Å². The topological polar surface area (TPSA) is 52.0 Å². The minimum absolute atomic E-state index is 0.229. The molecule has 0 saturated carbocycles. The van der Waals surface area contributed by atoms with E-state index < -0.39 is 11.6 Å². The molecule has 0 spiro atoms. The molecule has 0 radical (unpaired) electrons. The lowest BCUT2D eigenvalue weighted by Gasteiger charge is -2.24. The molecule has 0 bridgehead atoms. The predicted octanol–water partition coefficient (Wildman–Crippen LogP) is 5.27. The van der Waals surface area contributed by atoms with Gasteiger partial charge in [0.05, 0.1) is 5.39 Å². The number of aryl methyl sites for hydroxylation is 1. The molecule has 158 valence electrons. The molecule has 5 nitrogen and oxygen atoms in total. The summed E-state index contributed by atoms with van der Waals surface area (Å²) in [5.41, 5.74) is 4.07. The van der Waals surface area contributed by atoms with Crippen LogP contribution in [0.4, 0.5) is 14.6 Å². The van der Waals surface area contributed by atoms with Crippen LogP contribution in [0, 0.1) is 18.6 Å². The Morgan fingerprint density at radius 2 is 1.87 bits per heavy atom. The van der Waals surface area contributed by atoms with Gasteiger partial charge in [0.15, 0.2) is 17.3 Å². The summed E-state index contributed by atoms with van der Waals surface area (Å²) in [5, 5.41) is 4.30. The van der Waals surface area contributed by atoms with Crippen LogP contribution in [0.15, 0.2) is 55.0 Å². The van der Waals surface area contributed by atoms with E-state index in [0.717, 1.165) is 41.1 Å². The third-order valence-corrected chi connectivity index (χ3v) is 5.66. The van der Waals surface area contributed by atoms with Crippen LogP contribution >= 0.6 is 0 Å². The molecule has 0 unspecified atom stereocenters. The Hall–Kier alpha value is -3.32. The Morgan fingerprint density at radius 3 is 2.65 bits per heavy atom. The van der Waals surface area contributed by atoms with Gasteiger partial charge in [-0.05, 0) is 55.2 Å². The Balaban J connectivity index is 1.72. The number of nitrogens with zero attached hydrogens (tertiary/aromatic N) is 3. The zero-order valence-corrected chi connectivity index (χ0v) is 17.1. The second kappa shape index (κ2) is 8.07. The van der Waals surface area contributed by atoms with Gasteiger partial charge >= 0.3 is 0 Å². The van der Waals surface area contributed by atoms with Crippen molar-refractivity contribution in [1.82, 2.24) is 14.5 Å². The molecule has 2 aromatic heterocycles. The van der Waals surface area contributed by atoms with Gasteiger partial charge in [0, 0.05) is 36.7 Å². The lowest BCUT2D eigenvalue weighted by molar-refractivity contribution is 0.0904. The van der Waals surface area contributed by atoms with Gasteiger partial charge in [0.25, 0.3) is 0 Å². The molecule has 1 fully saturated rings. The van der Waals surface area contributed by atoms with E-state index in [2.05, 4.69) is 21.4 Å². The van der Waals surface area contributed by atoms with Crippen LogP contribution in [0.25, 0.3) is 27.8 Å². The number of aromatic nitrogens is 3. The Morgan fingerprint density at radius 1 is 1.03 bits per heavy atom. The van der Waals surface area contributed by atoms with E-state index in [4.69, 9.17) is 4.74 Å². The van der Waals surface area contributed by atoms with Gasteiger partial charge in [0.2, 0.25) is 0 Å². The maximum absolute atomic E-state index is 14.1. The van der Waals surface area contributed by atoms with Crippen molar-refractivity contribution in [2.24, 2.45) is 0 Å². The maximum atomic E-state index is 14.1. The first-order valence-electron chi connectivity index (χ1n) is 10.3. The second-order valence-electron chi connectivity index (χ2n) is 7.83. The normalized spacial score (nSPS) is 14.8. The smallest absolute Gasteiger partial charge is 0.159 e. The zero-order valence-electron chi connectivity index (χ0n) is 17.1. The van der Waals surface area contributed by atoms with Crippen molar-refractivity contribution >= 4 is 16.9 Å². The molecule has 31 heavy (non-hydrogen) atoms. The molecular formula is C24H22F2N4O. The molecule has 1 saturated heterocycles. The molecular weight excluding hydrogens is 398 g/mol. The molecule has 0 aliphatic carbocycles. The number of nitrogens with one attached hydrogen (secondary N) is 1. The minimum Gasteiger partial charge on any atom is -0.381 e. The van der Waals surface area contributed by atoms with E-state index in [0.29, 0.717) is 30.2 Å². The van der Waals surface area contributed by atoms with Crippen molar-refractivity contribution in [2.45, 2.75) is 25.8 Å². The van der Waals surface area contributed by atoms with E-state index in [1.807, 2.05) is 35.9 Å². The van der Waals surface area contributed by atoms with Crippen molar-refractivity contribution in [3.05, 3.63) is 72.2 Å². The lowest BCUT2D eigenvalue weighted by Crippen LogP contribution is -2.28. The molecule has 3 heterocycles. The first kappa shape index (κ1) is 19.6. The predicted molar refractivity (Wildman–Crippen MR) is 116 cm³/mol. The quantitative estimate of drug-likeness (QED) is 0.489. The highest BCUT2D eigenvalue weighted by Crippen LogP contribution is 2.36. The van der Waals surface area contributed by atoms with Crippen LogP contribution < -0.4 is 5.32 Å². The van der Waals surface area contributed by atoms with E-state index in [-0.39, 0.29) is 6.04 Å². The fourth-order valence-corrected chi connectivity index (χ4v) is 4.06. The van der Waals surface area contributed by atoms with Gasteiger partial charge in [-0.1, -0.05) is 18.2 Å². The highest BCUT2D eigenvalue weighted by Gasteiger charge is 2.21. The van der Waals surface area contributed by atoms with Crippen molar-refractivity contribution in [2.75, 3.05) is 18.5 Å². The molecule has 0 atom stereocenters. The van der Waals surface area contributed by atoms with Crippen LogP contribution in [-0.4, -0.2) is 33.8 Å². The summed E-state index contributed by atoms with van der Waals surface area (Å²) in [7, 11) is 0. The highest BCUT2D eigenvalue weighted by atomic mass is 19.2. The highest BCUT2D eigenvalue weighted by molar-refractivity contribution is 6.02. The van der Waals surface area contributed by atoms with Crippen molar-refractivity contribution in [3.63, 3.8) is 0 Å². The van der Waals surface area contributed by atoms with E-state index in [1.165, 1.54) is 12.4 Å². The molecule has 4 aromatic rings. The van der Waals surface area contributed by atoms with E-state index >= 15 is 0 Å². The number of halogens is 2. The number of hydrogen-bond acceptors (Lipinski definition) is 4. The van der Waals surface area contributed by atoms with Crippen LogP contribution in [0.2, 0.25) is 0 Å². The molecule has 1 aliphatic heterocycles. The Bertz CT molecular complexity index is 1250. The summed E-state index contributed by atoms with van der Waals surface area (Å²) in [4.78, 5) is 9.05. The monoisotopic (exact) mass is 420 g/mol. The second-order valence-corrected chi connectivity index (χ2v) is 7.83. The summed E-state index contributed by atoms with van der Waals surface area (Å²) < 4.78 is 35.1. The average Bonchev–Trinajstić information content (AvgIpc) is 3.17. The van der Waals surface area contributed by atoms with Gasteiger partial charge in [-0.25, -0.2) is 18.7 Å². The van der Waals surface area contributed by atoms with Crippen molar-refractivity contribution < 1.29 is 13.5 Å². The number of rotatable bonds is 4. The lowest BCUT2D eigenvalue weighted by atomic mass is 10.0. The Labute approximate surface area is 178 Å². The van der Waals surface area contributed by atoms with Gasteiger partial charge < -0.3 is 14.6 Å². The SMILES string of the molecule is Cc1cccc(-n2cc(-c3ccc(F)c(F)c3)c3c(NC4CCOCC4)ncnc32)c1. The Kier molecular flexibility index (Phi) is 5.11. The van der Waals surface area contributed by atoms with E-state index in [1.54, 1.807) is 6.07 Å². The van der Waals surface area contributed by atoms with Crippen molar-refractivity contribution in [1.29, 1.82) is 0 Å². The number of anilines is 1. The van der Waals surface area contributed by atoms with Crippen LogP contribution in [0.5, 0.6) is 0 Å². The zero-order chi connectivity index (χ0) is 21.4. The molecule has 1 aliphatic rings. The van der Waals surface area contributed by atoms with Crippen LogP contribution in [-0.2, 0) is 4.74 Å². The molecule has 7 heteroatoms. The summed E-state index contributed by atoms with van der Waals surface area (Å²) >= 11 is 0. The van der Waals surface area contributed by atoms with Crippen LogP contribution in [0.1, 0.15) is 18.4 Å². The summed E-state index contributed by atoms with van der Waals surface area (Å²) in [6.45, 7) is 3.43. The van der Waals surface area contributed by atoms with E-state index in [9.17, 15) is 8.78 Å². The van der Waals surface area contributed by atoms with Gasteiger partial charge in [-0.3, -0.25) is 0 Å². The summed E-state index contributed by atoms with van der Waals surface area (Å²) in [6.07, 6.45) is 5.20. The number of benzene rings is 2. The third-order valence-electron chi connectivity index (χ3n) is 5.66. The first-order valence-corrected chi connectivity index (χ1v) is 10.3. The minimum atomic E-state index is -0.884. The first-order chi connectivity index (χ1) is 15.1. The summed E-state index contributed by atoms with van der Waals surface area (Å²) in [6, 6.07) is 12.2. The van der Waals surface area contributed by atoms with Gasteiger partial charge in [-0.2, -0.15) is 0 Å². The average molecular weight is 420 g/mol. The molecule has 2 aromatic carbocycles.